The number of hydrogen-bond acceptors (Lipinski definition) is 4. The summed E-state index contributed by atoms with van der Waals surface area (Å²) in [6.07, 6.45) is 2.56. The fourth-order valence-corrected chi connectivity index (χ4v) is 4.38. The number of alkyl halides is 3. The maximum absolute atomic E-state index is 12.7. The minimum atomic E-state index is -4.49. The second kappa shape index (κ2) is 8.69. The monoisotopic (exact) mass is 459 g/mol. The topological polar surface area (TPSA) is 115 Å². The molecule has 2 atom stereocenters. The highest BCUT2D eigenvalue weighted by molar-refractivity contribution is 6.21. The van der Waals surface area contributed by atoms with E-state index in [0.29, 0.717) is 11.3 Å². The molecule has 0 aromatic heterocycles. The molecule has 0 spiro atoms. The van der Waals surface area contributed by atoms with Gasteiger partial charge in [0.25, 0.3) is 11.8 Å². The molecule has 2 amide bonds. The average molecular weight is 459 g/mol. The Kier molecular flexibility index (Phi) is 5.93. The van der Waals surface area contributed by atoms with Gasteiger partial charge < -0.3 is 10.6 Å². The minimum Gasteiger partial charge on any atom is -0.365 e. The number of hydrazine groups is 1. The number of rotatable bonds is 4. The number of nitrogens with one attached hydrogen (secondary N) is 1. The largest absolute Gasteiger partial charge is 0.406 e. The molecule has 1 aromatic rings. The zero-order chi connectivity index (χ0) is 23.8. The molecule has 2 unspecified atom stereocenters. The van der Waals surface area contributed by atoms with Crippen LogP contribution in [-0.2, 0) is 11.3 Å². The fourth-order valence-electron chi connectivity index (χ4n) is 4.38. The van der Waals surface area contributed by atoms with E-state index in [-0.39, 0.29) is 35.4 Å². The van der Waals surface area contributed by atoms with Gasteiger partial charge in [0.1, 0.15) is 6.54 Å². The van der Waals surface area contributed by atoms with Crippen LogP contribution in [0.5, 0.6) is 0 Å². The predicted octanol–water partition coefficient (Wildman–Crippen LogP) is 2.54. The molecule has 0 saturated heterocycles. The molecule has 11 heteroatoms. The number of amides is 2. The number of aliphatic imine (C=N–C) groups is 1. The van der Waals surface area contributed by atoms with Gasteiger partial charge in [0, 0.05) is 12.1 Å². The second-order valence-corrected chi connectivity index (χ2v) is 8.34. The molecule has 33 heavy (non-hydrogen) atoms. The van der Waals surface area contributed by atoms with Crippen LogP contribution in [0, 0.1) is 23.2 Å². The van der Waals surface area contributed by atoms with Crippen molar-refractivity contribution >= 4 is 29.6 Å². The molecule has 3 aliphatic rings. The van der Waals surface area contributed by atoms with E-state index in [1.807, 2.05) is 6.21 Å². The van der Waals surface area contributed by atoms with Crippen molar-refractivity contribution in [2.45, 2.75) is 38.4 Å². The number of nitrogens with two attached hydrogens (primary N) is 1. The van der Waals surface area contributed by atoms with Crippen molar-refractivity contribution in [2.24, 2.45) is 22.6 Å². The number of primary amides is 1. The molecule has 8 nitrogen and oxygen atoms in total. The van der Waals surface area contributed by atoms with Crippen molar-refractivity contribution in [3.05, 3.63) is 41.1 Å². The lowest BCUT2D eigenvalue weighted by molar-refractivity contribution is -0.494. The lowest BCUT2D eigenvalue weighted by Gasteiger charge is -2.21. The molecule has 1 aliphatic carbocycles. The third-order valence-corrected chi connectivity index (χ3v) is 5.94. The normalized spacial score (nSPS) is 25.1. The number of hydrazone groups is 1. The van der Waals surface area contributed by atoms with Crippen LogP contribution in [0.15, 0.2) is 35.0 Å². The van der Waals surface area contributed by atoms with Crippen molar-refractivity contribution < 1.29 is 27.4 Å². The van der Waals surface area contributed by atoms with Gasteiger partial charge in [-0.25, -0.2) is 4.99 Å². The van der Waals surface area contributed by atoms with Crippen molar-refractivity contribution in [1.82, 2.24) is 10.3 Å². The standard InChI is InChI=1S/C22H21F3N6O2/c23-22(24,25)12-30-9-15-7-16(5-6-17(15)21(30)33)28-20-18(19(27)32)11-31(29-20)10-14-4-2-1-3-13(14)8-26/h5-7,10-11,13-14H,1-4,9,12H2,(H2-,27,28,29,32,33)/p+1. The molecule has 0 radical (unpaired) electrons. The fraction of sp³-hybridized carbons (Fsp3) is 0.409. The Balaban J connectivity index is 1.57. The lowest BCUT2D eigenvalue weighted by atomic mass is 9.81. The van der Waals surface area contributed by atoms with Crippen molar-refractivity contribution in [1.29, 1.82) is 5.26 Å². The zero-order valence-corrected chi connectivity index (χ0v) is 17.6. The first-order valence-corrected chi connectivity index (χ1v) is 10.5. The van der Waals surface area contributed by atoms with Gasteiger partial charge in [-0.1, -0.05) is 17.5 Å². The van der Waals surface area contributed by atoms with E-state index in [1.165, 1.54) is 24.4 Å². The van der Waals surface area contributed by atoms with E-state index in [4.69, 9.17) is 5.73 Å². The van der Waals surface area contributed by atoms with E-state index in [1.54, 1.807) is 4.68 Å². The lowest BCUT2D eigenvalue weighted by Crippen LogP contribution is -2.34. The van der Waals surface area contributed by atoms with Crippen LogP contribution in [0.25, 0.3) is 0 Å². The molecular weight excluding hydrogens is 437 g/mol. The van der Waals surface area contributed by atoms with Crippen LogP contribution < -0.4 is 11.2 Å². The van der Waals surface area contributed by atoms with Crippen LogP contribution in [0.4, 0.5) is 18.9 Å². The SMILES string of the molecule is N#CC1CCCCC1C=[N+]1C=C(C(N)=O)C(=Nc2ccc3c(c2)CN(CC(F)(F)F)C3=O)N1. The van der Waals surface area contributed by atoms with Crippen molar-refractivity contribution in [3.63, 3.8) is 0 Å². The Hall–Kier alpha value is -3.68. The summed E-state index contributed by atoms with van der Waals surface area (Å²) in [6.45, 7) is -1.49. The van der Waals surface area contributed by atoms with E-state index in [9.17, 15) is 28.0 Å². The minimum absolute atomic E-state index is 0.0200. The third kappa shape index (κ3) is 4.89. The van der Waals surface area contributed by atoms with Gasteiger partial charge in [0.15, 0.2) is 11.8 Å². The Morgan fingerprint density at radius 2 is 2.12 bits per heavy atom. The molecule has 2 heterocycles. The number of amidine groups is 1. The van der Waals surface area contributed by atoms with E-state index in [0.717, 1.165) is 30.6 Å². The summed E-state index contributed by atoms with van der Waals surface area (Å²) < 4.78 is 39.7. The summed E-state index contributed by atoms with van der Waals surface area (Å²) >= 11 is 0. The first kappa shape index (κ1) is 22.5. The second-order valence-electron chi connectivity index (χ2n) is 8.34. The molecule has 1 aromatic carbocycles. The highest BCUT2D eigenvalue weighted by Crippen LogP contribution is 2.30. The van der Waals surface area contributed by atoms with Crippen LogP contribution >= 0.6 is 0 Å². The summed E-state index contributed by atoms with van der Waals surface area (Å²) in [5.74, 6) is -1.30. The number of hydrogen-bond donors (Lipinski definition) is 2. The van der Waals surface area contributed by atoms with Crippen molar-refractivity contribution in [2.75, 3.05) is 6.54 Å². The molecule has 4 rings (SSSR count). The Morgan fingerprint density at radius 3 is 2.82 bits per heavy atom. The summed E-state index contributed by atoms with van der Waals surface area (Å²) in [5.41, 5.74) is 9.59. The van der Waals surface area contributed by atoms with Crippen LogP contribution in [0.1, 0.15) is 41.6 Å². The Morgan fingerprint density at radius 1 is 1.36 bits per heavy atom. The summed E-state index contributed by atoms with van der Waals surface area (Å²) in [6, 6.07) is 6.78. The molecule has 1 fully saturated rings. The van der Waals surface area contributed by atoms with E-state index >= 15 is 0 Å². The number of halogens is 3. The summed E-state index contributed by atoms with van der Waals surface area (Å²) in [7, 11) is 0. The van der Waals surface area contributed by atoms with E-state index < -0.39 is 24.5 Å². The zero-order valence-electron chi connectivity index (χ0n) is 17.6. The molecule has 172 valence electrons. The number of benzene rings is 1. The van der Waals surface area contributed by atoms with E-state index in [2.05, 4.69) is 16.5 Å². The Labute approximate surface area is 187 Å². The first-order valence-electron chi connectivity index (χ1n) is 10.5. The number of nitrogens with zero attached hydrogens (tertiary/aromatic N) is 4. The highest BCUT2D eigenvalue weighted by atomic mass is 19.4. The van der Waals surface area contributed by atoms with Crippen LogP contribution in [-0.4, -0.2) is 46.2 Å². The number of carbonyl (C=O) groups is 2. The predicted molar refractivity (Wildman–Crippen MR) is 112 cm³/mol. The van der Waals surface area contributed by atoms with Crippen molar-refractivity contribution in [3.8, 4) is 6.07 Å². The molecule has 1 saturated carbocycles. The highest BCUT2D eigenvalue weighted by Gasteiger charge is 2.37. The number of carbonyl (C=O) groups excluding carboxylic acids is 2. The van der Waals surface area contributed by atoms with Gasteiger partial charge in [0.2, 0.25) is 12.0 Å². The van der Waals surface area contributed by atoms with Gasteiger partial charge >= 0.3 is 6.18 Å². The third-order valence-electron chi connectivity index (χ3n) is 5.94. The van der Waals surface area contributed by atoms with Gasteiger partial charge in [-0.3, -0.25) is 9.59 Å². The number of fused-ring (bicyclic) bond motifs is 1. The Bertz CT molecular complexity index is 1130. The summed E-state index contributed by atoms with van der Waals surface area (Å²) in [5, 5.41) is 9.39. The van der Waals surface area contributed by atoms with Gasteiger partial charge in [-0.15, -0.1) is 5.43 Å². The molecular formula is C22H22F3N6O2+. The molecule has 2 aliphatic heterocycles. The smallest absolute Gasteiger partial charge is 0.365 e. The first-order chi connectivity index (χ1) is 15.6. The van der Waals surface area contributed by atoms with Crippen LogP contribution in [0.3, 0.4) is 0 Å². The maximum Gasteiger partial charge on any atom is 0.406 e. The number of nitriles is 1. The quantitative estimate of drug-likeness (QED) is 0.674. The maximum atomic E-state index is 12.7. The summed E-state index contributed by atoms with van der Waals surface area (Å²) in [4.78, 5) is 29.3. The molecule has 3 N–H and O–H groups in total. The van der Waals surface area contributed by atoms with Crippen LogP contribution in [0.2, 0.25) is 0 Å². The average Bonchev–Trinajstić information content (AvgIpc) is 3.28. The van der Waals surface area contributed by atoms with Gasteiger partial charge in [-0.2, -0.15) is 18.4 Å². The van der Waals surface area contributed by atoms with Gasteiger partial charge in [0.05, 0.1) is 23.6 Å². The van der Waals surface area contributed by atoms with Gasteiger partial charge in [-0.05, 0) is 36.6 Å². The molecule has 0 bridgehead atoms.